The first kappa shape index (κ1) is 26.4. The number of nitrogens with zero attached hydrogens (tertiary/aromatic N) is 2. The van der Waals surface area contributed by atoms with Crippen molar-refractivity contribution in [1.82, 2.24) is 9.21 Å². The number of carbonyl (C=O) groups excluding carboxylic acids is 1. The second-order valence-electron chi connectivity index (χ2n) is 9.93. The Morgan fingerprint density at radius 1 is 1.19 bits per heavy atom. The number of sulfonamides is 1. The van der Waals surface area contributed by atoms with Gasteiger partial charge in [0, 0.05) is 31.1 Å². The smallest absolute Gasteiger partial charge is 0.253 e. The van der Waals surface area contributed by atoms with Gasteiger partial charge in [-0.1, -0.05) is 37.3 Å². The average molecular weight is 513 g/mol. The minimum absolute atomic E-state index is 0.0944. The summed E-state index contributed by atoms with van der Waals surface area (Å²) in [6.07, 6.45) is 6.01. The van der Waals surface area contributed by atoms with Crippen molar-refractivity contribution in [3.05, 3.63) is 65.7 Å². The summed E-state index contributed by atoms with van der Waals surface area (Å²) in [5.74, 6) is -0.0558. The van der Waals surface area contributed by atoms with Crippen molar-refractivity contribution in [3.8, 4) is 5.75 Å². The zero-order chi connectivity index (χ0) is 25.9. The van der Waals surface area contributed by atoms with Crippen molar-refractivity contribution < 1.29 is 23.1 Å². The van der Waals surface area contributed by atoms with Crippen molar-refractivity contribution in [1.29, 1.82) is 0 Å². The van der Waals surface area contributed by atoms with Crippen LogP contribution in [-0.2, 0) is 10.0 Å². The Kier molecular flexibility index (Phi) is 8.17. The van der Waals surface area contributed by atoms with Crippen LogP contribution in [0.2, 0.25) is 0 Å². The highest BCUT2D eigenvalue weighted by atomic mass is 32.2. The Labute approximate surface area is 214 Å². The number of amides is 1. The summed E-state index contributed by atoms with van der Waals surface area (Å²) >= 11 is 0. The van der Waals surface area contributed by atoms with E-state index >= 15 is 0 Å². The van der Waals surface area contributed by atoms with Gasteiger partial charge in [0.1, 0.15) is 16.7 Å². The molecular formula is C28H36N2O5S. The van der Waals surface area contributed by atoms with Gasteiger partial charge in [-0.15, -0.1) is 0 Å². The molecule has 3 atom stereocenters. The molecule has 0 aromatic heterocycles. The Bertz CT molecular complexity index is 1210. The molecule has 36 heavy (non-hydrogen) atoms. The van der Waals surface area contributed by atoms with Crippen molar-refractivity contribution in [3.63, 3.8) is 0 Å². The zero-order valence-corrected chi connectivity index (χ0v) is 22.1. The van der Waals surface area contributed by atoms with Gasteiger partial charge in [0.15, 0.2) is 0 Å². The van der Waals surface area contributed by atoms with Crippen molar-refractivity contribution in [2.75, 3.05) is 26.7 Å². The first-order valence-electron chi connectivity index (χ1n) is 12.7. The van der Waals surface area contributed by atoms with Crippen LogP contribution in [0, 0.1) is 5.92 Å². The van der Waals surface area contributed by atoms with Gasteiger partial charge in [0.2, 0.25) is 10.0 Å². The molecule has 2 aromatic carbocycles. The van der Waals surface area contributed by atoms with Crippen molar-refractivity contribution in [2.24, 2.45) is 5.92 Å². The highest BCUT2D eigenvalue weighted by molar-refractivity contribution is 7.89. The molecule has 0 saturated heterocycles. The average Bonchev–Trinajstić information content (AvgIpc) is 2.90. The van der Waals surface area contributed by atoms with E-state index in [1.54, 1.807) is 37.1 Å². The third-order valence-corrected chi connectivity index (χ3v) is 9.17. The molecule has 4 rings (SSSR count). The number of hydrogen-bond donors (Lipinski definition) is 1. The number of likely N-dealkylation sites (N-methyl/N-ethyl adjacent to an activating group) is 1. The number of hydrogen-bond acceptors (Lipinski definition) is 5. The van der Waals surface area contributed by atoms with Gasteiger partial charge < -0.3 is 14.7 Å². The number of ether oxygens (including phenoxy) is 1. The summed E-state index contributed by atoms with van der Waals surface area (Å²) in [6.45, 7) is 3.81. The molecule has 1 aliphatic heterocycles. The molecule has 1 N–H and O–H groups in total. The SMILES string of the molecule is C[C@H]1CN([C@@H](C)CO)S(=O)(=O)c2ccc(C3=CCCCC3)cc2O[C@@H]1CN(C)C(=O)c1ccccc1. The summed E-state index contributed by atoms with van der Waals surface area (Å²) in [5.41, 5.74) is 2.75. The van der Waals surface area contributed by atoms with Gasteiger partial charge in [0.05, 0.1) is 13.2 Å². The van der Waals surface area contributed by atoms with Crippen LogP contribution in [0.4, 0.5) is 0 Å². The van der Waals surface area contributed by atoms with Gasteiger partial charge in [-0.25, -0.2) is 8.42 Å². The van der Waals surface area contributed by atoms with E-state index < -0.39 is 22.2 Å². The molecule has 2 aromatic rings. The molecule has 194 valence electrons. The Morgan fingerprint density at radius 2 is 1.94 bits per heavy atom. The Balaban J connectivity index is 1.72. The van der Waals surface area contributed by atoms with Crippen LogP contribution in [0.5, 0.6) is 5.75 Å². The van der Waals surface area contributed by atoms with E-state index in [2.05, 4.69) is 6.08 Å². The largest absolute Gasteiger partial charge is 0.487 e. The van der Waals surface area contributed by atoms with E-state index in [0.29, 0.717) is 17.9 Å². The van der Waals surface area contributed by atoms with Crippen LogP contribution in [0.25, 0.3) is 5.57 Å². The monoisotopic (exact) mass is 512 g/mol. The summed E-state index contributed by atoms with van der Waals surface area (Å²) in [5, 5.41) is 9.84. The number of rotatable bonds is 6. The van der Waals surface area contributed by atoms with E-state index in [0.717, 1.165) is 31.2 Å². The van der Waals surface area contributed by atoms with Gasteiger partial charge >= 0.3 is 0 Å². The maximum Gasteiger partial charge on any atom is 0.253 e. The van der Waals surface area contributed by atoms with Gasteiger partial charge in [-0.3, -0.25) is 4.79 Å². The van der Waals surface area contributed by atoms with E-state index in [1.807, 2.05) is 37.3 Å². The zero-order valence-electron chi connectivity index (χ0n) is 21.3. The lowest BCUT2D eigenvalue weighted by molar-refractivity contribution is 0.0563. The minimum Gasteiger partial charge on any atom is -0.487 e. The minimum atomic E-state index is -3.90. The van der Waals surface area contributed by atoms with Crippen LogP contribution in [0.15, 0.2) is 59.5 Å². The molecule has 2 aliphatic rings. The topological polar surface area (TPSA) is 87.2 Å². The van der Waals surface area contributed by atoms with Crippen LogP contribution in [0.1, 0.15) is 55.5 Å². The first-order chi connectivity index (χ1) is 17.2. The third-order valence-electron chi connectivity index (χ3n) is 7.15. The number of aliphatic hydroxyl groups excluding tert-OH is 1. The van der Waals surface area contributed by atoms with Crippen LogP contribution in [0.3, 0.4) is 0 Å². The lowest BCUT2D eigenvalue weighted by atomic mass is 9.93. The highest BCUT2D eigenvalue weighted by Gasteiger charge is 2.38. The van der Waals surface area contributed by atoms with Crippen molar-refractivity contribution in [2.45, 2.75) is 56.6 Å². The predicted octanol–water partition coefficient (Wildman–Crippen LogP) is 4.18. The fourth-order valence-corrected chi connectivity index (χ4v) is 6.72. The van der Waals surface area contributed by atoms with Crippen LogP contribution in [-0.4, -0.2) is 67.5 Å². The fourth-order valence-electron chi connectivity index (χ4n) is 4.90. The molecule has 1 amide bonds. The van der Waals surface area contributed by atoms with Crippen LogP contribution >= 0.6 is 0 Å². The van der Waals surface area contributed by atoms with Gasteiger partial charge in [0.25, 0.3) is 5.91 Å². The summed E-state index contributed by atoms with van der Waals surface area (Å²) in [7, 11) is -2.16. The number of fused-ring (bicyclic) bond motifs is 1. The lowest BCUT2D eigenvalue weighted by Gasteiger charge is -2.37. The molecule has 0 spiro atoms. The number of benzene rings is 2. The standard InChI is InChI=1S/C28H36N2O5S/c1-20-17-30(21(2)19-31)36(33,34)27-15-14-24(22-10-6-4-7-11-22)16-25(27)35-26(20)18-29(3)28(32)23-12-8-5-9-13-23/h5,8-10,12-16,20-21,26,31H,4,6-7,11,17-19H2,1-3H3/t20-,21-,26+/m0/s1. The number of carbonyl (C=O) groups is 1. The molecular weight excluding hydrogens is 476 g/mol. The predicted molar refractivity (Wildman–Crippen MR) is 140 cm³/mol. The molecule has 0 fully saturated rings. The molecule has 0 bridgehead atoms. The van der Waals surface area contributed by atoms with E-state index in [1.165, 1.54) is 9.88 Å². The molecule has 1 heterocycles. The Morgan fingerprint density at radius 3 is 2.61 bits per heavy atom. The normalized spacial score (nSPS) is 22.8. The van der Waals surface area contributed by atoms with Crippen LogP contribution < -0.4 is 4.74 Å². The molecule has 7 nitrogen and oxygen atoms in total. The molecule has 0 unspecified atom stereocenters. The number of aliphatic hydroxyl groups is 1. The summed E-state index contributed by atoms with van der Waals surface area (Å²) in [4.78, 5) is 14.7. The quantitative estimate of drug-likeness (QED) is 0.627. The maximum absolute atomic E-state index is 13.7. The lowest BCUT2D eigenvalue weighted by Crippen LogP contribution is -2.50. The molecule has 0 saturated carbocycles. The van der Waals surface area contributed by atoms with E-state index in [-0.39, 0.29) is 29.9 Å². The van der Waals surface area contributed by atoms with E-state index in [4.69, 9.17) is 4.74 Å². The molecule has 0 radical (unpaired) electrons. The first-order valence-corrected chi connectivity index (χ1v) is 14.1. The van der Waals surface area contributed by atoms with Gasteiger partial charge in [-0.2, -0.15) is 4.31 Å². The second-order valence-corrected chi connectivity index (χ2v) is 11.8. The second kappa shape index (κ2) is 11.2. The highest BCUT2D eigenvalue weighted by Crippen LogP contribution is 2.37. The van der Waals surface area contributed by atoms with Gasteiger partial charge in [-0.05, 0) is 68.0 Å². The summed E-state index contributed by atoms with van der Waals surface area (Å²) in [6, 6.07) is 13.8. The van der Waals surface area contributed by atoms with E-state index in [9.17, 15) is 18.3 Å². The maximum atomic E-state index is 13.7. The Hall–Kier alpha value is -2.68. The van der Waals surface area contributed by atoms with Crippen molar-refractivity contribution >= 4 is 21.5 Å². The molecule has 8 heteroatoms. The molecule has 1 aliphatic carbocycles. The summed E-state index contributed by atoms with van der Waals surface area (Å²) < 4.78 is 35.2. The fraction of sp³-hybridized carbons (Fsp3) is 0.464. The number of allylic oxidation sites excluding steroid dienone is 2. The third kappa shape index (κ3) is 5.51.